The Bertz CT molecular complexity index is 1450. The number of benzene rings is 2. The minimum absolute atomic E-state index is 0.00341. The fourth-order valence-electron chi connectivity index (χ4n) is 4.38. The fourth-order valence-corrected chi connectivity index (χ4v) is 4.56. The van der Waals surface area contributed by atoms with Gasteiger partial charge in [-0.3, -0.25) is 39.1 Å². The van der Waals surface area contributed by atoms with Gasteiger partial charge in [0.05, 0.1) is 6.54 Å². The summed E-state index contributed by atoms with van der Waals surface area (Å²) in [5, 5.41) is 8.13. The van der Waals surface area contributed by atoms with Gasteiger partial charge in [-0.1, -0.05) is 17.7 Å². The van der Waals surface area contributed by atoms with Crippen molar-refractivity contribution in [3.05, 3.63) is 69.9 Å². The van der Waals surface area contributed by atoms with Crippen molar-refractivity contribution in [2.45, 2.75) is 32.4 Å². The highest BCUT2D eigenvalue weighted by Gasteiger charge is 2.42. The number of anilines is 2. The third kappa shape index (κ3) is 4.45. The van der Waals surface area contributed by atoms with E-state index in [2.05, 4.69) is 16.0 Å². The molecule has 0 bridgehead atoms. The molecule has 3 heterocycles. The second-order valence-electron chi connectivity index (χ2n) is 8.82. The summed E-state index contributed by atoms with van der Waals surface area (Å²) < 4.78 is 0. The quantitative estimate of drug-likeness (QED) is 0.523. The Morgan fingerprint density at radius 3 is 2.51 bits per heavy atom. The first kappa shape index (κ1) is 24.2. The molecule has 0 aromatic heterocycles. The number of amides is 7. The van der Waals surface area contributed by atoms with E-state index in [4.69, 9.17) is 11.6 Å². The zero-order valence-electron chi connectivity index (χ0n) is 19.5. The van der Waals surface area contributed by atoms with Gasteiger partial charge in [0.25, 0.3) is 17.7 Å². The maximum atomic E-state index is 12.9. The summed E-state index contributed by atoms with van der Waals surface area (Å²) in [6.07, 6.45) is 1.16. The SMILES string of the molecule is Cc1ccc(NC(=O)N2Cc3cc(NC4=CC(=O)N(C5CCC(=O)NC5=O)C4=O)ccc3C2=O)cc1Cl. The van der Waals surface area contributed by atoms with Crippen LogP contribution in [-0.4, -0.2) is 51.4 Å². The highest BCUT2D eigenvalue weighted by molar-refractivity contribution is 6.31. The average Bonchev–Trinajstić information content (AvgIpc) is 3.32. The third-order valence-electron chi connectivity index (χ3n) is 6.33. The first-order valence-electron chi connectivity index (χ1n) is 11.3. The van der Waals surface area contributed by atoms with Gasteiger partial charge in [0.1, 0.15) is 11.7 Å². The van der Waals surface area contributed by atoms with E-state index in [-0.39, 0.29) is 25.1 Å². The summed E-state index contributed by atoms with van der Waals surface area (Å²) in [4.78, 5) is 76.3. The van der Waals surface area contributed by atoms with Crippen LogP contribution >= 0.6 is 11.6 Å². The van der Waals surface area contributed by atoms with Gasteiger partial charge in [-0.2, -0.15) is 0 Å². The molecule has 3 aliphatic rings. The van der Waals surface area contributed by atoms with Crippen molar-refractivity contribution in [1.82, 2.24) is 15.1 Å². The molecule has 3 N–H and O–H groups in total. The van der Waals surface area contributed by atoms with Gasteiger partial charge in [-0.05, 0) is 54.8 Å². The molecule has 2 aromatic carbocycles. The van der Waals surface area contributed by atoms with Crippen molar-refractivity contribution in [3.63, 3.8) is 0 Å². The van der Waals surface area contributed by atoms with E-state index < -0.39 is 41.6 Å². The number of nitrogens with one attached hydrogen (secondary N) is 3. The van der Waals surface area contributed by atoms with Crippen LogP contribution in [0.25, 0.3) is 0 Å². The molecule has 188 valence electrons. The fraction of sp³-hybridized carbons (Fsp3) is 0.200. The number of hydrogen-bond donors (Lipinski definition) is 3. The molecule has 5 rings (SSSR count). The standard InChI is InChI=1S/C25H20ClN5O6/c1-12-2-3-15(9-17(12)26)28-25(37)30-11-13-8-14(4-5-16(13)23(30)35)27-18-10-21(33)31(24(18)36)19-6-7-20(32)29-22(19)34/h2-5,8-10,19,27H,6-7,11H2,1H3,(H,28,37)(H,29,32,34). The Hall–Kier alpha value is -4.51. The topological polar surface area (TPSA) is 145 Å². The molecule has 7 amide bonds. The minimum atomic E-state index is -1.07. The summed E-state index contributed by atoms with van der Waals surface area (Å²) in [5.41, 5.74) is 2.54. The monoisotopic (exact) mass is 521 g/mol. The number of urea groups is 1. The van der Waals surface area contributed by atoms with Crippen LogP contribution in [0.3, 0.4) is 0 Å². The summed E-state index contributed by atoms with van der Waals surface area (Å²) in [6, 6.07) is 8.02. The molecule has 1 atom stereocenters. The molecule has 0 spiro atoms. The van der Waals surface area contributed by atoms with E-state index in [0.29, 0.717) is 27.5 Å². The second kappa shape index (κ2) is 9.17. The lowest BCUT2D eigenvalue weighted by Gasteiger charge is -2.28. The predicted octanol–water partition coefficient (Wildman–Crippen LogP) is 2.31. The number of imide groups is 3. The lowest BCUT2D eigenvalue weighted by Crippen LogP contribution is -2.54. The van der Waals surface area contributed by atoms with Crippen molar-refractivity contribution in [1.29, 1.82) is 0 Å². The highest BCUT2D eigenvalue weighted by Crippen LogP contribution is 2.29. The van der Waals surface area contributed by atoms with Crippen LogP contribution in [0.1, 0.15) is 34.3 Å². The lowest BCUT2D eigenvalue weighted by atomic mass is 10.0. The number of rotatable bonds is 4. The smallest absolute Gasteiger partial charge is 0.329 e. The Kier molecular flexibility index (Phi) is 6.00. The number of fused-ring (bicyclic) bond motifs is 1. The molecule has 11 nitrogen and oxygen atoms in total. The van der Waals surface area contributed by atoms with E-state index in [1.807, 2.05) is 6.92 Å². The van der Waals surface area contributed by atoms with E-state index in [1.54, 1.807) is 30.3 Å². The lowest BCUT2D eigenvalue weighted by molar-refractivity contribution is -0.149. The van der Waals surface area contributed by atoms with Crippen LogP contribution in [0.5, 0.6) is 0 Å². The van der Waals surface area contributed by atoms with E-state index in [9.17, 15) is 28.8 Å². The molecule has 3 aliphatic heterocycles. The summed E-state index contributed by atoms with van der Waals surface area (Å²) in [7, 11) is 0. The molecule has 0 radical (unpaired) electrons. The van der Waals surface area contributed by atoms with Gasteiger partial charge in [0, 0.05) is 34.5 Å². The maximum Gasteiger partial charge on any atom is 0.329 e. The Morgan fingerprint density at radius 2 is 1.78 bits per heavy atom. The zero-order chi connectivity index (χ0) is 26.4. The van der Waals surface area contributed by atoms with Crippen molar-refractivity contribution < 1.29 is 28.8 Å². The van der Waals surface area contributed by atoms with Gasteiger partial charge < -0.3 is 10.6 Å². The first-order valence-corrected chi connectivity index (χ1v) is 11.7. The molecule has 0 saturated carbocycles. The summed E-state index contributed by atoms with van der Waals surface area (Å²) in [5.74, 6) is -3.00. The molecule has 1 fully saturated rings. The minimum Gasteiger partial charge on any atom is -0.351 e. The Morgan fingerprint density at radius 1 is 1.03 bits per heavy atom. The van der Waals surface area contributed by atoms with E-state index >= 15 is 0 Å². The maximum absolute atomic E-state index is 12.9. The van der Waals surface area contributed by atoms with Crippen LogP contribution in [0.4, 0.5) is 16.2 Å². The number of carbonyl (C=O) groups is 6. The largest absolute Gasteiger partial charge is 0.351 e. The molecule has 37 heavy (non-hydrogen) atoms. The van der Waals surface area contributed by atoms with Gasteiger partial charge in [-0.25, -0.2) is 4.79 Å². The van der Waals surface area contributed by atoms with Gasteiger partial charge in [0.15, 0.2) is 0 Å². The molecular weight excluding hydrogens is 502 g/mol. The number of halogens is 1. The van der Waals surface area contributed by atoms with Crippen LogP contribution in [0.15, 0.2) is 48.2 Å². The number of carbonyl (C=O) groups excluding carboxylic acids is 6. The van der Waals surface area contributed by atoms with Crippen LogP contribution < -0.4 is 16.0 Å². The van der Waals surface area contributed by atoms with Gasteiger partial charge in [0.2, 0.25) is 11.8 Å². The first-order chi connectivity index (χ1) is 17.6. The predicted molar refractivity (Wildman–Crippen MR) is 131 cm³/mol. The van der Waals surface area contributed by atoms with Crippen molar-refractivity contribution in [2.24, 2.45) is 0 Å². The molecule has 2 aromatic rings. The highest BCUT2D eigenvalue weighted by atomic mass is 35.5. The number of nitrogens with zero attached hydrogens (tertiary/aromatic N) is 2. The van der Waals surface area contributed by atoms with Crippen molar-refractivity contribution in [3.8, 4) is 0 Å². The normalized spacial score (nSPS) is 19.1. The van der Waals surface area contributed by atoms with E-state index in [1.165, 1.54) is 6.07 Å². The van der Waals surface area contributed by atoms with Crippen molar-refractivity contribution >= 4 is 58.5 Å². The third-order valence-corrected chi connectivity index (χ3v) is 6.74. The molecule has 1 unspecified atom stereocenters. The van der Waals surface area contributed by atoms with E-state index in [0.717, 1.165) is 21.4 Å². The molecule has 12 heteroatoms. The van der Waals surface area contributed by atoms with Crippen LogP contribution in [-0.2, 0) is 25.7 Å². The summed E-state index contributed by atoms with van der Waals surface area (Å²) >= 11 is 6.11. The van der Waals surface area contributed by atoms with Gasteiger partial charge in [-0.15, -0.1) is 0 Å². The average molecular weight is 522 g/mol. The van der Waals surface area contributed by atoms with Crippen molar-refractivity contribution in [2.75, 3.05) is 10.6 Å². The zero-order valence-corrected chi connectivity index (χ0v) is 20.2. The number of hydrogen-bond acceptors (Lipinski definition) is 7. The Balaban J connectivity index is 1.27. The summed E-state index contributed by atoms with van der Waals surface area (Å²) in [6.45, 7) is 1.83. The van der Waals surface area contributed by atoms with Crippen LogP contribution in [0.2, 0.25) is 5.02 Å². The van der Waals surface area contributed by atoms with Gasteiger partial charge >= 0.3 is 6.03 Å². The Labute approximate surface area is 215 Å². The number of aryl methyl sites for hydroxylation is 1. The second-order valence-corrected chi connectivity index (χ2v) is 9.23. The number of piperidine rings is 1. The molecule has 0 aliphatic carbocycles. The molecule has 1 saturated heterocycles. The molecular formula is C25H20ClN5O6. The van der Waals surface area contributed by atoms with Crippen LogP contribution in [0, 0.1) is 6.92 Å².